The SMILES string of the molecule is CCCc1cc(-c2ccccc2Sc2ccc3nnc(C(C)C)n3c2)[nH]n1. The van der Waals surface area contributed by atoms with Gasteiger partial charge in [-0.1, -0.05) is 57.2 Å². The van der Waals surface area contributed by atoms with Crippen LogP contribution < -0.4 is 0 Å². The molecule has 0 unspecified atom stereocenters. The number of hydrogen-bond acceptors (Lipinski definition) is 4. The fraction of sp³-hybridized carbons (Fsp3) is 0.286. The average molecular weight is 378 g/mol. The minimum absolute atomic E-state index is 0.328. The fourth-order valence-electron chi connectivity index (χ4n) is 3.13. The summed E-state index contributed by atoms with van der Waals surface area (Å²) in [6.07, 6.45) is 4.22. The predicted octanol–water partition coefficient (Wildman–Crippen LogP) is 5.35. The molecule has 0 spiro atoms. The van der Waals surface area contributed by atoms with E-state index in [0.717, 1.165) is 40.6 Å². The smallest absolute Gasteiger partial charge is 0.160 e. The van der Waals surface area contributed by atoms with E-state index in [0.29, 0.717) is 5.92 Å². The van der Waals surface area contributed by atoms with E-state index in [1.807, 2.05) is 6.07 Å². The third kappa shape index (κ3) is 3.62. The predicted molar refractivity (Wildman–Crippen MR) is 109 cm³/mol. The number of nitrogens with zero attached hydrogens (tertiary/aromatic N) is 4. The van der Waals surface area contributed by atoms with E-state index in [9.17, 15) is 0 Å². The van der Waals surface area contributed by atoms with Crippen molar-refractivity contribution in [1.82, 2.24) is 24.8 Å². The van der Waals surface area contributed by atoms with Crippen LogP contribution in [0.4, 0.5) is 0 Å². The van der Waals surface area contributed by atoms with Crippen molar-refractivity contribution >= 4 is 17.4 Å². The van der Waals surface area contributed by atoms with E-state index in [1.54, 1.807) is 11.8 Å². The van der Waals surface area contributed by atoms with Crippen LogP contribution in [0.2, 0.25) is 0 Å². The lowest BCUT2D eigenvalue weighted by Crippen LogP contribution is -1.96. The second-order valence-electron chi connectivity index (χ2n) is 6.93. The first-order valence-electron chi connectivity index (χ1n) is 9.32. The summed E-state index contributed by atoms with van der Waals surface area (Å²) in [6, 6.07) is 14.7. The van der Waals surface area contributed by atoms with E-state index < -0.39 is 0 Å². The monoisotopic (exact) mass is 377 g/mol. The van der Waals surface area contributed by atoms with Crippen LogP contribution in [0.15, 0.2) is 58.5 Å². The van der Waals surface area contributed by atoms with Crippen LogP contribution in [0.25, 0.3) is 16.9 Å². The topological polar surface area (TPSA) is 58.9 Å². The molecule has 5 nitrogen and oxygen atoms in total. The first kappa shape index (κ1) is 17.8. The van der Waals surface area contributed by atoms with Crippen LogP contribution >= 0.6 is 11.8 Å². The number of aromatic amines is 1. The summed E-state index contributed by atoms with van der Waals surface area (Å²) in [7, 11) is 0. The molecule has 0 saturated heterocycles. The first-order chi connectivity index (χ1) is 13.2. The number of benzene rings is 1. The molecule has 0 aliphatic heterocycles. The van der Waals surface area contributed by atoms with Crippen molar-refractivity contribution in [2.45, 2.75) is 49.3 Å². The van der Waals surface area contributed by atoms with Gasteiger partial charge in [-0.2, -0.15) is 5.10 Å². The minimum atomic E-state index is 0.328. The summed E-state index contributed by atoms with van der Waals surface area (Å²) in [5.74, 6) is 1.31. The van der Waals surface area contributed by atoms with E-state index in [1.165, 1.54) is 10.5 Å². The van der Waals surface area contributed by atoms with Gasteiger partial charge in [-0.15, -0.1) is 10.2 Å². The van der Waals surface area contributed by atoms with Gasteiger partial charge in [0.1, 0.15) is 5.82 Å². The highest BCUT2D eigenvalue weighted by Crippen LogP contribution is 2.35. The van der Waals surface area contributed by atoms with Gasteiger partial charge < -0.3 is 0 Å². The van der Waals surface area contributed by atoms with E-state index >= 15 is 0 Å². The van der Waals surface area contributed by atoms with Gasteiger partial charge >= 0.3 is 0 Å². The number of pyridine rings is 1. The molecule has 4 aromatic rings. The molecule has 0 aliphatic carbocycles. The molecule has 4 rings (SSSR count). The molecule has 0 saturated carbocycles. The summed E-state index contributed by atoms with van der Waals surface area (Å²) >= 11 is 1.75. The third-order valence-corrected chi connectivity index (χ3v) is 5.51. The Morgan fingerprint density at radius 1 is 1.11 bits per heavy atom. The van der Waals surface area contributed by atoms with Crippen molar-refractivity contribution in [2.75, 3.05) is 0 Å². The largest absolute Gasteiger partial charge is 0.285 e. The van der Waals surface area contributed by atoms with Gasteiger partial charge in [0.2, 0.25) is 0 Å². The summed E-state index contributed by atoms with van der Waals surface area (Å²) < 4.78 is 2.09. The van der Waals surface area contributed by atoms with Gasteiger partial charge in [-0.3, -0.25) is 9.50 Å². The Morgan fingerprint density at radius 2 is 1.96 bits per heavy atom. The van der Waals surface area contributed by atoms with E-state index in [4.69, 9.17) is 0 Å². The molecule has 6 heteroatoms. The molecule has 0 radical (unpaired) electrons. The van der Waals surface area contributed by atoms with Crippen LogP contribution in [-0.2, 0) is 6.42 Å². The standard InChI is InChI=1S/C21H23N5S/c1-4-7-15-12-18(23-22-15)17-8-5-6-9-19(17)27-16-10-11-20-24-25-21(14(2)3)26(20)13-16/h5-6,8-14H,4,7H2,1-3H3,(H,22,23). The molecule has 1 N–H and O–H groups in total. The normalized spacial score (nSPS) is 11.6. The number of hydrogen-bond donors (Lipinski definition) is 1. The van der Waals surface area contributed by atoms with Gasteiger partial charge in [0.25, 0.3) is 0 Å². The highest BCUT2D eigenvalue weighted by molar-refractivity contribution is 7.99. The number of H-pyrrole nitrogens is 1. The summed E-state index contributed by atoms with van der Waals surface area (Å²) in [6.45, 7) is 6.44. The van der Waals surface area contributed by atoms with Crippen molar-refractivity contribution in [3.8, 4) is 11.3 Å². The molecule has 0 bridgehead atoms. The maximum atomic E-state index is 4.44. The summed E-state index contributed by atoms with van der Waals surface area (Å²) in [4.78, 5) is 2.35. The number of aromatic nitrogens is 5. The fourth-order valence-corrected chi connectivity index (χ4v) is 4.12. The molecular formula is C21H23N5S. The molecule has 1 aromatic carbocycles. The highest BCUT2D eigenvalue weighted by atomic mass is 32.2. The van der Waals surface area contributed by atoms with Gasteiger partial charge in [-0.05, 0) is 30.7 Å². The van der Waals surface area contributed by atoms with Crippen molar-refractivity contribution in [3.63, 3.8) is 0 Å². The highest BCUT2D eigenvalue weighted by Gasteiger charge is 2.12. The second-order valence-corrected chi connectivity index (χ2v) is 8.04. The van der Waals surface area contributed by atoms with Crippen LogP contribution in [0.5, 0.6) is 0 Å². The van der Waals surface area contributed by atoms with E-state index in [2.05, 4.69) is 88.2 Å². The first-order valence-corrected chi connectivity index (χ1v) is 10.1. The molecule has 0 atom stereocenters. The van der Waals surface area contributed by atoms with Gasteiger partial charge in [-0.25, -0.2) is 0 Å². The molecule has 3 heterocycles. The Balaban J connectivity index is 1.68. The Hall–Kier alpha value is -2.60. The van der Waals surface area contributed by atoms with Crippen molar-refractivity contribution in [2.24, 2.45) is 0 Å². The Bertz CT molecular complexity index is 1060. The maximum Gasteiger partial charge on any atom is 0.160 e. The van der Waals surface area contributed by atoms with Crippen LogP contribution in [0.3, 0.4) is 0 Å². The molecule has 0 aliphatic rings. The lowest BCUT2D eigenvalue weighted by atomic mass is 10.1. The maximum absolute atomic E-state index is 4.44. The average Bonchev–Trinajstić information content (AvgIpc) is 3.29. The molecule has 27 heavy (non-hydrogen) atoms. The van der Waals surface area contributed by atoms with E-state index in [-0.39, 0.29) is 0 Å². The quantitative estimate of drug-likeness (QED) is 0.492. The zero-order valence-corrected chi connectivity index (χ0v) is 16.6. The lowest BCUT2D eigenvalue weighted by molar-refractivity contribution is 0.756. The molecule has 0 amide bonds. The van der Waals surface area contributed by atoms with Crippen LogP contribution in [0, 0.1) is 0 Å². The molecular weight excluding hydrogens is 354 g/mol. The van der Waals surface area contributed by atoms with Gasteiger partial charge in [0.15, 0.2) is 5.65 Å². The Labute approximate surface area is 163 Å². The zero-order chi connectivity index (χ0) is 18.8. The number of rotatable bonds is 6. The second kappa shape index (κ2) is 7.56. The van der Waals surface area contributed by atoms with Crippen LogP contribution in [-0.4, -0.2) is 24.8 Å². The number of nitrogens with one attached hydrogen (secondary N) is 1. The summed E-state index contributed by atoms with van der Waals surface area (Å²) in [5.41, 5.74) is 4.23. The van der Waals surface area contributed by atoms with Crippen LogP contribution in [0.1, 0.15) is 44.6 Å². The summed E-state index contributed by atoms with van der Waals surface area (Å²) in [5, 5.41) is 16.2. The Kier molecular flexibility index (Phi) is 4.99. The zero-order valence-electron chi connectivity index (χ0n) is 15.8. The molecule has 0 fully saturated rings. The van der Waals surface area contributed by atoms with Crippen molar-refractivity contribution in [3.05, 3.63) is 60.2 Å². The van der Waals surface area contributed by atoms with Gasteiger partial charge in [0.05, 0.1) is 11.4 Å². The third-order valence-electron chi connectivity index (χ3n) is 4.46. The van der Waals surface area contributed by atoms with Crippen molar-refractivity contribution < 1.29 is 0 Å². The molecule has 3 aromatic heterocycles. The number of fused-ring (bicyclic) bond motifs is 1. The lowest BCUT2D eigenvalue weighted by Gasteiger charge is -2.09. The molecule has 138 valence electrons. The van der Waals surface area contributed by atoms with Crippen molar-refractivity contribution in [1.29, 1.82) is 0 Å². The Morgan fingerprint density at radius 3 is 2.78 bits per heavy atom. The number of aryl methyl sites for hydroxylation is 1. The minimum Gasteiger partial charge on any atom is -0.285 e. The van der Waals surface area contributed by atoms with Gasteiger partial charge in [0, 0.05) is 27.5 Å².